The maximum absolute atomic E-state index is 12.6. The molecule has 2 aromatic carbocycles. The Morgan fingerprint density at radius 3 is 2.41 bits per heavy atom. The number of hydrogen-bond donors (Lipinski definition) is 3. The fourth-order valence-electron chi connectivity index (χ4n) is 3.00. The van der Waals surface area contributed by atoms with Gasteiger partial charge in [0.25, 0.3) is 11.5 Å². The van der Waals surface area contributed by atoms with Crippen molar-refractivity contribution >= 4 is 45.9 Å². The van der Waals surface area contributed by atoms with Crippen molar-refractivity contribution in [1.82, 2.24) is 20.6 Å². The van der Waals surface area contributed by atoms with Gasteiger partial charge >= 0.3 is 0 Å². The molecule has 1 aromatic heterocycles. The molecule has 10 heteroatoms. The summed E-state index contributed by atoms with van der Waals surface area (Å²) in [6, 6.07) is 14.1. The van der Waals surface area contributed by atoms with Crippen LogP contribution in [-0.2, 0) is 16.1 Å². The Morgan fingerprint density at radius 1 is 0.969 bits per heavy atom. The first-order chi connectivity index (χ1) is 15.4. The van der Waals surface area contributed by atoms with Crippen LogP contribution in [0.4, 0.5) is 5.69 Å². The van der Waals surface area contributed by atoms with Crippen LogP contribution in [-0.4, -0.2) is 39.0 Å². The minimum absolute atomic E-state index is 0.0237. The zero-order valence-electron chi connectivity index (χ0n) is 17.7. The SMILES string of the molecule is CCn1nc(C(=O)NNC(=O)CSCC(=O)Nc2cccc(C)c2)c2ccccc2c1=O. The van der Waals surface area contributed by atoms with Gasteiger partial charge in [-0.25, -0.2) is 4.68 Å². The monoisotopic (exact) mass is 453 g/mol. The summed E-state index contributed by atoms with van der Waals surface area (Å²) in [6.45, 7) is 3.98. The summed E-state index contributed by atoms with van der Waals surface area (Å²) < 4.78 is 1.20. The maximum Gasteiger partial charge on any atom is 0.290 e. The van der Waals surface area contributed by atoms with Crippen LogP contribution in [0.5, 0.6) is 0 Å². The van der Waals surface area contributed by atoms with E-state index >= 15 is 0 Å². The van der Waals surface area contributed by atoms with Crippen LogP contribution in [0.1, 0.15) is 23.0 Å². The number of benzene rings is 2. The fraction of sp³-hybridized carbons (Fsp3) is 0.227. The minimum Gasteiger partial charge on any atom is -0.325 e. The summed E-state index contributed by atoms with van der Waals surface area (Å²) in [7, 11) is 0. The van der Waals surface area contributed by atoms with Gasteiger partial charge in [-0.3, -0.25) is 30.0 Å². The number of fused-ring (bicyclic) bond motifs is 1. The van der Waals surface area contributed by atoms with Crippen LogP contribution in [0.25, 0.3) is 10.8 Å². The topological polar surface area (TPSA) is 122 Å². The predicted molar refractivity (Wildman–Crippen MR) is 124 cm³/mol. The molecule has 1 heterocycles. The number of anilines is 1. The number of hydrogen-bond acceptors (Lipinski definition) is 6. The number of aryl methyl sites for hydroxylation is 2. The van der Waals surface area contributed by atoms with Gasteiger partial charge in [0.1, 0.15) is 0 Å². The van der Waals surface area contributed by atoms with Crippen LogP contribution in [0.3, 0.4) is 0 Å². The summed E-state index contributed by atoms with van der Waals surface area (Å²) in [6.07, 6.45) is 0. The second-order valence-corrected chi connectivity index (χ2v) is 7.91. The molecule has 0 atom stereocenters. The van der Waals surface area contributed by atoms with E-state index in [1.807, 2.05) is 25.1 Å². The van der Waals surface area contributed by atoms with Crippen molar-refractivity contribution in [3.05, 3.63) is 70.1 Å². The molecule has 166 valence electrons. The summed E-state index contributed by atoms with van der Waals surface area (Å²) in [5.74, 6) is -1.28. The highest BCUT2D eigenvalue weighted by molar-refractivity contribution is 8.00. The van der Waals surface area contributed by atoms with E-state index in [0.717, 1.165) is 17.3 Å². The molecule has 0 bridgehead atoms. The second-order valence-electron chi connectivity index (χ2n) is 6.93. The summed E-state index contributed by atoms with van der Waals surface area (Å²) >= 11 is 1.11. The van der Waals surface area contributed by atoms with E-state index in [0.29, 0.717) is 23.0 Å². The predicted octanol–water partition coefficient (Wildman–Crippen LogP) is 1.86. The standard InChI is InChI=1S/C22H23N5O4S/c1-3-27-22(31)17-10-5-4-9-16(17)20(26-27)21(30)25-24-19(29)13-32-12-18(28)23-15-8-6-7-14(2)11-15/h4-11H,3,12-13H2,1-2H3,(H,23,28)(H,24,29)(H,25,30). The Labute approximate surface area is 188 Å². The highest BCUT2D eigenvalue weighted by Crippen LogP contribution is 2.13. The molecule has 9 nitrogen and oxygen atoms in total. The zero-order chi connectivity index (χ0) is 23.1. The van der Waals surface area contributed by atoms with Crippen molar-refractivity contribution < 1.29 is 14.4 Å². The van der Waals surface area contributed by atoms with E-state index in [-0.39, 0.29) is 28.7 Å². The lowest BCUT2D eigenvalue weighted by molar-refractivity contribution is -0.119. The number of thioether (sulfide) groups is 1. The molecule has 3 amide bonds. The highest BCUT2D eigenvalue weighted by Gasteiger charge is 2.17. The summed E-state index contributed by atoms with van der Waals surface area (Å²) in [4.78, 5) is 49.0. The molecule has 3 N–H and O–H groups in total. The van der Waals surface area contributed by atoms with Crippen LogP contribution in [0.15, 0.2) is 53.3 Å². The molecule has 0 saturated heterocycles. The lowest BCUT2D eigenvalue weighted by Crippen LogP contribution is -2.43. The molecule has 0 radical (unpaired) electrons. The van der Waals surface area contributed by atoms with Gasteiger partial charge in [-0.2, -0.15) is 5.10 Å². The third-order valence-electron chi connectivity index (χ3n) is 4.47. The Morgan fingerprint density at radius 2 is 1.69 bits per heavy atom. The third-order valence-corrected chi connectivity index (χ3v) is 5.40. The third kappa shape index (κ3) is 5.73. The molecular weight excluding hydrogens is 430 g/mol. The summed E-state index contributed by atoms with van der Waals surface area (Å²) in [5.41, 5.74) is 6.10. The van der Waals surface area contributed by atoms with Crippen molar-refractivity contribution in [3.8, 4) is 0 Å². The fourth-order valence-corrected chi connectivity index (χ4v) is 3.61. The average Bonchev–Trinajstić information content (AvgIpc) is 2.78. The quantitative estimate of drug-likeness (QED) is 0.470. The van der Waals surface area contributed by atoms with Gasteiger partial charge in [-0.05, 0) is 37.6 Å². The van der Waals surface area contributed by atoms with Crippen LogP contribution >= 0.6 is 11.8 Å². The van der Waals surface area contributed by atoms with Gasteiger partial charge in [-0.15, -0.1) is 11.8 Å². The average molecular weight is 454 g/mol. The Kier molecular flexibility index (Phi) is 7.61. The molecule has 0 aliphatic heterocycles. The highest BCUT2D eigenvalue weighted by atomic mass is 32.2. The molecule has 0 aliphatic carbocycles. The number of carbonyl (C=O) groups excluding carboxylic acids is 3. The lowest BCUT2D eigenvalue weighted by Gasteiger charge is -2.11. The van der Waals surface area contributed by atoms with Crippen molar-refractivity contribution in [2.24, 2.45) is 0 Å². The van der Waals surface area contributed by atoms with Crippen molar-refractivity contribution in [2.45, 2.75) is 20.4 Å². The molecule has 3 aromatic rings. The van der Waals surface area contributed by atoms with Crippen molar-refractivity contribution in [3.63, 3.8) is 0 Å². The van der Waals surface area contributed by atoms with E-state index in [1.54, 1.807) is 37.3 Å². The van der Waals surface area contributed by atoms with Gasteiger partial charge in [0.05, 0.1) is 16.9 Å². The Bertz CT molecular complexity index is 1220. The lowest BCUT2D eigenvalue weighted by atomic mass is 10.1. The molecule has 0 spiro atoms. The van der Waals surface area contributed by atoms with Gasteiger partial charge in [0.2, 0.25) is 11.8 Å². The Balaban J connectivity index is 1.52. The van der Waals surface area contributed by atoms with E-state index in [9.17, 15) is 19.2 Å². The number of rotatable bonds is 7. The second kappa shape index (κ2) is 10.6. The van der Waals surface area contributed by atoms with Gasteiger partial charge in [0, 0.05) is 17.6 Å². The maximum atomic E-state index is 12.6. The van der Waals surface area contributed by atoms with Gasteiger partial charge in [-0.1, -0.05) is 30.3 Å². The smallest absolute Gasteiger partial charge is 0.290 e. The molecule has 0 unspecified atom stereocenters. The minimum atomic E-state index is -0.640. The van der Waals surface area contributed by atoms with Crippen molar-refractivity contribution in [2.75, 3.05) is 16.8 Å². The Hall–Kier alpha value is -3.66. The first-order valence-electron chi connectivity index (χ1n) is 9.92. The van der Waals surface area contributed by atoms with Crippen LogP contribution in [0.2, 0.25) is 0 Å². The number of carbonyl (C=O) groups is 3. The summed E-state index contributed by atoms with van der Waals surface area (Å²) in [5, 5.41) is 7.64. The molecular formula is C22H23N5O4S. The van der Waals surface area contributed by atoms with E-state index in [2.05, 4.69) is 21.3 Å². The molecule has 3 rings (SSSR count). The number of nitrogens with zero attached hydrogens (tertiary/aromatic N) is 2. The molecule has 0 saturated carbocycles. The normalized spacial score (nSPS) is 10.6. The molecule has 32 heavy (non-hydrogen) atoms. The van der Waals surface area contributed by atoms with Gasteiger partial charge < -0.3 is 5.32 Å². The van der Waals surface area contributed by atoms with Crippen LogP contribution in [0, 0.1) is 6.92 Å². The van der Waals surface area contributed by atoms with E-state index in [1.165, 1.54) is 4.68 Å². The number of hydrazine groups is 1. The van der Waals surface area contributed by atoms with E-state index in [4.69, 9.17) is 0 Å². The number of nitrogens with one attached hydrogen (secondary N) is 3. The zero-order valence-corrected chi connectivity index (χ0v) is 18.5. The number of amides is 3. The van der Waals surface area contributed by atoms with Crippen LogP contribution < -0.4 is 21.7 Å². The number of aromatic nitrogens is 2. The first kappa shape index (κ1) is 23.0. The largest absolute Gasteiger partial charge is 0.325 e. The first-order valence-corrected chi connectivity index (χ1v) is 11.1. The van der Waals surface area contributed by atoms with E-state index < -0.39 is 11.8 Å². The van der Waals surface area contributed by atoms with Crippen molar-refractivity contribution in [1.29, 1.82) is 0 Å². The van der Waals surface area contributed by atoms with Gasteiger partial charge in [0.15, 0.2) is 5.69 Å². The molecule has 0 fully saturated rings. The molecule has 0 aliphatic rings.